The second-order valence-electron chi connectivity index (χ2n) is 3.88. The van der Waals surface area contributed by atoms with Gasteiger partial charge in [0.2, 0.25) is 5.91 Å². The van der Waals surface area contributed by atoms with Crippen LogP contribution in [-0.2, 0) is 4.79 Å². The third kappa shape index (κ3) is 2.08. The van der Waals surface area contributed by atoms with Gasteiger partial charge in [0, 0.05) is 5.39 Å². The molecule has 0 saturated heterocycles. The minimum atomic E-state index is -0.711. The SMILES string of the molecule is CCC(C(N)=O)C(=O)c1scc2ccccc12. The van der Waals surface area contributed by atoms with Gasteiger partial charge in [-0.2, -0.15) is 0 Å². The molecule has 1 unspecified atom stereocenters. The molecule has 1 heterocycles. The Bertz CT molecular complexity index is 574. The molecule has 0 aliphatic rings. The molecule has 1 aromatic carbocycles. The normalized spacial score (nSPS) is 12.5. The summed E-state index contributed by atoms with van der Waals surface area (Å²) in [7, 11) is 0. The molecule has 0 spiro atoms. The van der Waals surface area contributed by atoms with Crippen LogP contribution < -0.4 is 5.73 Å². The number of rotatable bonds is 4. The first-order valence-corrected chi connectivity index (χ1v) is 6.33. The van der Waals surface area contributed by atoms with Gasteiger partial charge in [0.05, 0.1) is 4.88 Å². The standard InChI is InChI=1S/C13H13NO2S/c1-2-9(13(14)16)11(15)12-10-6-4-3-5-8(10)7-17-12/h3-7,9H,2H2,1H3,(H2,14,16). The van der Waals surface area contributed by atoms with E-state index >= 15 is 0 Å². The molecule has 2 rings (SSSR count). The maximum atomic E-state index is 12.2. The highest BCUT2D eigenvalue weighted by Crippen LogP contribution is 2.28. The lowest BCUT2D eigenvalue weighted by atomic mass is 9.97. The van der Waals surface area contributed by atoms with E-state index in [0.29, 0.717) is 11.3 Å². The maximum Gasteiger partial charge on any atom is 0.228 e. The van der Waals surface area contributed by atoms with Crippen LogP contribution in [0.1, 0.15) is 23.0 Å². The first kappa shape index (κ1) is 11.8. The minimum Gasteiger partial charge on any atom is -0.369 e. The Hall–Kier alpha value is -1.68. The summed E-state index contributed by atoms with van der Waals surface area (Å²) in [5, 5.41) is 3.86. The van der Waals surface area contributed by atoms with Gasteiger partial charge < -0.3 is 5.73 Å². The lowest BCUT2D eigenvalue weighted by Crippen LogP contribution is -2.29. The third-order valence-corrected chi connectivity index (χ3v) is 3.83. The molecule has 1 aromatic heterocycles. The molecule has 2 N–H and O–H groups in total. The van der Waals surface area contributed by atoms with E-state index in [2.05, 4.69) is 0 Å². The Morgan fingerprint density at radius 3 is 2.71 bits per heavy atom. The summed E-state index contributed by atoms with van der Waals surface area (Å²) in [5.74, 6) is -1.42. The monoisotopic (exact) mass is 247 g/mol. The van der Waals surface area contributed by atoms with Crippen LogP contribution in [0, 0.1) is 5.92 Å². The van der Waals surface area contributed by atoms with Gasteiger partial charge >= 0.3 is 0 Å². The third-order valence-electron chi connectivity index (χ3n) is 2.80. The van der Waals surface area contributed by atoms with Crippen molar-refractivity contribution in [3.63, 3.8) is 0 Å². The highest BCUT2D eigenvalue weighted by Gasteiger charge is 2.25. The number of amides is 1. The second-order valence-corrected chi connectivity index (χ2v) is 4.76. The van der Waals surface area contributed by atoms with Crippen molar-refractivity contribution < 1.29 is 9.59 Å². The van der Waals surface area contributed by atoms with Gasteiger partial charge in [-0.3, -0.25) is 9.59 Å². The molecule has 0 aliphatic heterocycles. The van der Waals surface area contributed by atoms with Crippen molar-refractivity contribution in [3.8, 4) is 0 Å². The van der Waals surface area contributed by atoms with Gasteiger partial charge in [0.15, 0.2) is 5.78 Å². The van der Waals surface area contributed by atoms with Crippen molar-refractivity contribution in [3.05, 3.63) is 34.5 Å². The fourth-order valence-corrected chi connectivity index (χ4v) is 2.88. The molecule has 1 atom stereocenters. The minimum absolute atomic E-state index is 0.161. The highest BCUT2D eigenvalue weighted by molar-refractivity contribution is 7.14. The molecule has 4 heteroatoms. The van der Waals surface area contributed by atoms with E-state index in [-0.39, 0.29) is 5.78 Å². The van der Waals surface area contributed by atoms with Crippen LogP contribution in [0.3, 0.4) is 0 Å². The van der Waals surface area contributed by atoms with Crippen molar-refractivity contribution in [1.82, 2.24) is 0 Å². The van der Waals surface area contributed by atoms with E-state index in [4.69, 9.17) is 5.73 Å². The van der Waals surface area contributed by atoms with Crippen molar-refractivity contribution in [2.75, 3.05) is 0 Å². The molecule has 88 valence electrons. The number of ketones is 1. The fourth-order valence-electron chi connectivity index (χ4n) is 1.86. The van der Waals surface area contributed by atoms with Crippen LogP contribution in [0.2, 0.25) is 0 Å². The molecule has 0 fully saturated rings. The summed E-state index contributed by atoms with van der Waals surface area (Å²) >= 11 is 1.37. The summed E-state index contributed by atoms with van der Waals surface area (Å²) in [5.41, 5.74) is 5.24. The average Bonchev–Trinajstić information content (AvgIpc) is 2.72. The van der Waals surface area contributed by atoms with Gasteiger partial charge in [-0.1, -0.05) is 31.2 Å². The van der Waals surface area contributed by atoms with Gasteiger partial charge in [-0.05, 0) is 17.2 Å². The van der Waals surface area contributed by atoms with Crippen LogP contribution in [-0.4, -0.2) is 11.7 Å². The summed E-state index contributed by atoms with van der Waals surface area (Å²) in [4.78, 5) is 24.0. The van der Waals surface area contributed by atoms with Crippen molar-refractivity contribution >= 4 is 33.8 Å². The summed E-state index contributed by atoms with van der Waals surface area (Å²) in [6.45, 7) is 1.79. The Morgan fingerprint density at radius 2 is 2.06 bits per heavy atom. The van der Waals surface area contributed by atoms with E-state index in [9.17, 15) is 9.59 Å². The van der Waals surface area contributed by atoms with Gasteiger partial charge in [0.25, 0.3) is 0 Å². The smallest absolute Gasteiger partial charge is 0.228 e. The number of carbonyl (C=O) groups is 2. The number of Topliss-reactive ketones (excluding diaryl/α,β-unsaturated/α-hetero) is 1. The van der Waals surface area contributed by atoms with Crippen molar-refractivity contribution in [2.24, 2.45) is 11.7 Å². The summed E-state index contributed by atoms with van der Waals surface area (Å²) < 4.78 is 0. The van der Waals surface area contributed by atoms with Crippen LogP contribution in [0.5, 0.6) is 0 Å². The van der Waals surface area contributed by atoms with Crippen LogP contribution in [0.15, 0.2) is 29.6 Å². The molecular weight excluding hydrogens is 234 g/mol. The van der Waals surface area contributed by atoms with Crippen LogP contribution >= 0.6 is 11.3 Å². The zero-order chi connectivity index (χ0) is 12.4. The predicted octanol–water partition coefficient (Wildman–Crippen LogP) is 2.60. The average molecular weight is 247 g/mol. The Kier molecular flexibility index (Phi) is 3.24. The quantitative estimate of drug-likeness (QED) is 0.666. The van der Waals surface area contributed by atoms with Gasteiger partial charge in [0.1, 0.15) is 5.92 Å². The van der Waals surface area contributed by atoms with E-state index in [0.717, 1.165) is 10.8 Å². The predicted molar refractivity (Wildman–Crippen MR) is 69.1 cm³/mol. The molecule has 3 nitrogen and oxygen atoms in total. The van der Waals surface area contributed by atoms with Crippen molar-refractivity contribution in [1.29, 1.82) is 0 Å². The first-order chi connectivity index (χ1) is 8.15. The number of carbonyl (C=O) groups excluding carboxylic acids is 2. The van der Waals surface area contributed by atoms with Crippen LogP contribution in [0.25, 0.3) is 10.8 Å². The molecule has 0 radical (unpaired) electrons. The second kappa shape index (κ2) is 4.67. The Balaban J connectivity index is 2.46. The van der Waals surface area contributed by atoms with Gasteiger partial charge in [-0.25, -0.2) is 0 Å². The Morgan fingerprint density at radius 1 is 1.35 bits per heavy atom. The zero-order valence-corrected chi connectivity index (χ0v) is 10.3. The van der Waals surface area contributed by atoms with Crippen LogP contribution in [0.4, 0.5) is 0 Å². The van der Waals surface area contributed by atoms with Crippen molar-refractivity contribution in [2.45, 2.75) is 13.3 Å². The number of benzene rings is 1. The number of hydrogen-bond donors (Lipinski definition) is 1. The maximum absolute atomic E-state index is 12.2. The summed E-state index contributed by atoms with van der Waals surface area (Å²) in [6.07, 6.45) is 0.445. The summed E-state index contributed by atoms with van der Waals surface area (Å²) in [6, 6.07) is 7.66. The molecular formula is C13H13NO2S. The molecule has 0 saturated carbocycles. The topological polar surface area (TPSA) is 60.2 Å². The van der Waals surface area contributed by atoms with E-state index in [1.165, 1.54) is 11.3 Å². The number of primary amides is 1. The largest absolute Gasteiger partial charge is 0.369 e. The van der Waals surface area contributed by atoms with E-state index in [1.54, 1.807) is 6.92 Å². The number of thiophene rings is 1. The van der Waals surface area contributed by atoms with Gasteiger partial charge in [-0.15, -0.1) is 11.3 Å². The highest BCUT2D eigenvalue weighted by atomic mass is 32.1. The lowest BCUT2D eigenvalue weighted by molar-refractivity contribution is -0.120. The number of nitrogens with two attached hydrogens (primary N) is 1. The van der Waals surface area contributed by atoms with E-state index < -0.39 is 11.8 Å². The van der Waals surface area contributed by atoms with E-state index in [1.807, 2.05) is 29.6 Å². The zero-order valence-electron chi connectivity index (χ0n) is 9.47. The fraction of sp³-hybridized carbons (Fsp3) is 0.231. The first-order valence-electron chi connectivity index (χ1n) is 5.45. The molecule has 2 aromatic rings. The lowest BCUT2D eigenvalue weighted by Gasteiger charge is -2.08. The molecule has 0 bridgehead atoms. The molecule has 1 amide bonds. The molecule has 17 heavy (non-hydrogen) atoms. The number of fused-ring (bicyclic) bond motifs is 1. The molecule has 0 aliphatic carbocycles. The Labute approximate surface area is 103 Å². The number of hydrogen-bond acceptors (Lipinski definition) is 3.